The first kappa shape index (κ1) is 20.8. The van der Waals surface area contributed by atoms with Crippen molar-refractivity contribution in [3.05, 3.63) is 57.2 Å². The van der Waals surface area contributed by atoms with E-state index in [0.29, 0.717) is 18.2 Å². The summed E-state index contributed by atoms with van der Waals surface area (Å²) in [6.45, 7) is 5.06. The molecule has 2 N–H and O–H groups in total. The molecule has 6 nitrogen and oxygen atoms in total. The van der Waals surface area contributed by atoms with E-state index >= 15 is 0 Å². The van der Waals surface area contributed by atoms with Gasteiger partial charge in [-0.2, -0.15) is 0 Å². The predicted octanol–water partition coefficient (Wildman–Crippen LogP) is 2.60. The van der Waals surface area contributed by atoms with Crippen LogP contribution in [0.15, 0.2) is 41.8 Å². The summed E-state index contributed by atoms with van der Waals surface area (Å²) in [5, 5.41) is 8.07. The van der Waals surface area contributed by atoms with Crippen molar-refractivity contribution in [1.29, 1.82) is 0 Å². The Bertz CT molecular complexity index is 794. The molecule has 1 fully saturated rings. The lowest BCUT2D eigenvalue weighted by Crippen LogP contribution is -2.51. The van der Waals surface area contributed by atoms with Gasteiger partial charge in [0.25, 0.3) is 0 Å². The molecule has 0 radical (unpaired) electrons. The van der Waals surface area contributed by atoms with Gasteiger partial charge in [0.05, 0.1) is 19.3 Å². The second-order valence-electron chi connectivity index (χ2n) is 6.64. The topological polar surface area (TPSA) is 70.7 Å². The van der Waals surface area contributed by atoms with Gasteiger partial charge in [0, 0.05) is 35.6 Å². The maximum absolute atomic E-state index is 12.4. The van der Waals surface area contributed by atoms with Gasteiger partial charge in [0.2, 0.25) is 0 Å². The number of thiophene rings is 1. The third-order valence-corrected chi connectivity index (χ3v) is 6.02. The van der Waals surface area contributed by atoms with Gasteiger partial charge in [0.1, 0.15) is 0 Å². The van der Waals surface area contributed by atoms with E-state index in [9.17, 15) is 9.59 Å². The molecule has 1 aliphatic rings. The Balaban J connectivity index is 1.60. The first-order valence-corrected chi connectivity index (χ1v) is 10.5. The number of carbonyl (C=O) groups is 2. The molecule has 28 heavy (non-hydrogen) atoms. The van der Waals surface area contributed by atoms with Crippen molar-refractivity contribution in [2.24, 2.45) is 0 Å². The molecule has 0 spiro atoms. The number of morpholine rings is 1. The number of nitrogens with one attached hydrogen (secondary N) is 2. The number of halogens is 1. The van der Waals surface area contributed by atoms with Crippen LogP contribution in [0.25, 0.3) is 0 Å². The van der Waals surface area contributed by atoms with Crippen molar-refractivity contribution < 1.29 is 14.3 Å². The Kier molecular flexibility index (Phi) is 7.44. The zero-order chi connectivity index (χ0) is 19.9. The number of benzene rings is 1. The fourth-order valence-corrected chi connectivity index (χ4v) is 4.47. The molecule has 2 amide bonds. The van der Waals surface area contributed by atoms with Crippen molar-refractivity contribution >= 4 is 34.8 Å². The molecule has 2 unspecified atom stereocenters. The molecule has 1 aliphatic heterocycles. The molecular weight excluding hydrogens is 398 g/mol. The van der Waals surface area contributed by atoms with Crippen molar-refractivity contribution in [3.8, 4) is 0 Å². The zero-order valence-electron chi connectivity index (χ0n) is 15.7. The summed E-state index contributed by atoms with van der Waals surface area (Å²) in [5.74, 6) is -1.31. The van der Waals surface area contributed by atoms with Crippen LogP contribution in [0.1, 0.15) is 23.4 Å². The molecule has 8 heteroatoms. The zero-order valence-corrected chi connectivity index (χ0v) is 17.3. The van der Waals surface area contributed by atoms with E-state index in [0.717, 1.165) is 23.5 Å². The number of ether oxygens (including phenoxy) is 1. The van der Waals surface area contributed by atoms with Crippen molar-refractivity contribution in [2.45, 2.75) is 25.6 Å². The quantitative estimate of drug-likeness (QED) is 0.703. The molecule has 2 aromatic rings. The van der Waals surface area contributed by atoms with Gasteiger partial charge in [0.15, 0.2) is 0 Å². The molecule has 2 atom stereocenters. The van der Waals surface area contributed by atoms with Crippen molar-refractivity contribution in [2.75, 3.05) is 26.3 Å². The fraction of sp³-hybridized carbons (Fsp3) is 0.400. The standard InChI is InChI=1S/C20H24ClN3O3S/c1-14(18(17-7-4-12-28-17)24-8-10-27-11-9-24)23-20(26)19(25)22-13-15-5-2-3-6-16(15)21/h2-7,12,14,18H,8-11,13H2,1H3,(H,22,25)(H,23,26). The SMILES string of the molecule is CC(NC(=O)C(=O)NCc1ccccc1Cl)C(c1cccs1)N1CCOCC1. The normalized spacial score (nSPS) is 16.9. The van der Waals surface area contributed by atoms with E-state index in [1.165, 1.54) is 0 Å². The van der Waals surface area contributed by atoms with Gasteiger partial charge in [-0.3, -0.25) is 14.5 Å². The Morgan fingerprint density at radius 3 is 2.61 bits per heavy atom. The number of nitrogens with zero attached hydrogens (tertiary/aromatic N) is 1. The summed E-state index contributed by atoms with van der Waals surface area (Å²) in [6.07, 6.45) is 0. The first-order valence-electron chi connectivity index (χ1n) is 9.23. The monoisotopic (exact) mass is 421 g/mol. The highest BCUT2D eigenvalue weighted by Crippen LogP contribution is 2.29. The summed E-state index contributed by atoms with van der Waals surface area (Å²) in [6, 6.07) is 11.1. The Morgan fingerprint density at radius 1 is 1.18 bits per heavy atom. The average Bonchev–Trinajstić information content (AvgIpc) is 3.22. The van der Waals surface area contributed by atoms with Gasteiger partial charge in [-0.15, -0.1) is 11.3 Å². The lowest BCUT2D eigenvalue weighted by atomic mass is 10.1. The van der Waals surface area contributed by atoms with Crippen LogP contribution in [0.5, 0.6) is 0 Å². The number of carbonyl (C=O) groups excluding carboxylic acids is 2. The minimum Gasteiger partial charge on any atom is -0.379 e. The van der Waals surface area contributed by atoms with Crippen LogP contribution in [0, 0.1) is 0 Å². The maximum atomic E-state index is 12.4. The van der Waals surface area contributed by atoms with Crippen molar-refractivity contribution in [1.82, 2.24) is 15.5 Å². The molecule has 1 aromatic carbocycles. The summed E-state index contributed by atoms with van der Waals surface area (Å²) in [5.41, 5.74) is 0.767. The highest BCUT2D eigenvalue weighted by molar-refractivity contribution is 7.10. The largest absolute Gasteiger partial charge is 0.379 e. The smallest absolute Gasteiger partial charge is 0.309 e. The van der Waals surface area contributed by atoms with Crippen LogP contribution in [0.3, 0.4) is 0 Å². The minimum atomic E-state index is -0.668. The predicted molar refractivity (Wildman–Crippen MR) is 110 cm³/mol. The maximum Gasteiger partial charge on any atom is 0.309 e. The van der Waals surface area contributed by atoms with Crippen molar-refractivity contribution in [3.63, 3.8) is 0 Å². The van der Waals surface area contributed by atoms with E-state index in [2.05, 4.69) is 21.6 Å². The molecule has 0 aliphatic carbocycles. The van der Waals surface area contributed by atoms with Gasteiger partial charge < -0.3 is 15.4 Å². The van der Waals surface area contributed by atoms with Crippen LogP contribution in [-0.4, -0.2) is 49.1 Å². The Labute approximate surface area is 173 Å². The molecule has 150 valence electrons. The lowest BCUT2D eigenvalue weighted by Gasteiger charge is -2.37. The number of hydrogen-bond acceptors (Lipinski definition) is 5. The third-order valence-electron chi connectivity index (χ3n) is 4.71. The highest BCUT2D eigenvalue weighted by Gasteiger charge is 2.30. The van der Waals surface area contributed by atoms with E-state index < -0.39 is 11.8 Å². The van der Waals surface area contributed by atoms with Crippen LogP contribution >= 0.6 is 22.9 Å². The molecule has 1 aromatic heterocycles. The number of amides is 2. The molecule has 0 saturated carbocycles. The summed E-state index contributed by atoms with van der Waals surface area (Å²) in [4.78, 5) is 28.1. The highest BCUT2D eigenvalue weighted by atomic mass is 35.5. The minimum absolute atomic E-state index is 0.00391. The Morgan fingerprint density at radius 2 is 1.93 bits per heavy atom. The number of rotatable bonds is 6. The fourth-order valence-electron chi connectivity index (χ4n) is 3.31. The molecule has 2 heterocycles. The first-order chi connectivity index (χ1) is 13.6. The van der Waals surface area contributed by atoms with Gasteiger partial charge in [-0.05, 0) is 30.0 Å². The summed E-state index contributed by atoms with van der Waals surface area (Å²) >= 11 is 7.74. The molecule has 1 saturated heterocycles. The van der Waals surface area contributed by atoms with E-state index in [4.69, 9.17) is 16.3 Å². The van der Waals surface area contributed by atoms with Gasteiger partial charge >= 0.3 is 11.8 Å². The van der Waals surface area contributed by atoms with E-state index in [1.54, 1.807) is 17.4 Å². The third kappa shape index (κ3) is 5.32. The van der Waals surface area contributed by atoms with Gasteiger partial charge in [-0.1, -0.05) is 35.9 Å². The second kappa shape index (κ2) is 10.0. The second-order valence-corrected chi connectivity index (χ2v) is 8.03. The lowest BCUT2D eigenvalue weighted by molar-refractivity contribution is -0.140. The van der Waals surface area contributed by atoms with E-state index in [-0.39, 0.29) is 18.6 Å². The van der Waals surface area contributed by atoms with Crippen LogP contribution in [0.4, 0.5) is 0 Å². The van der Waals surface area contributed by atoms with Crippen LogP contribution in [-0.2, 0) is 20.9 Å². The van der Waals surface area contributed by atoms with E-state index in [1.807, 2.05) is 36.6 Å². The molecule has 0 bridgehead atoms. The summed E-state index contributed by atoms with van der Waals surface area (Å²) < 4.78 is 5.45. The van der Waals surface area contributed by atoms with Crippen LogP contribution < -0.4 is 10.6 Å². The van der Waals surface area contributed by atoms with Gasteiger partial charge in [-0.25, -0.2) is 0 Å². The molecular formula is C20H24ClN3O3S. The summed E-state index contributed by atoms with van der Waals surface area (Å²) in [7, 11) is 0. The Hall–Kier alpha value is -1.93. The number of hydrogen-bond donors (Lipinski definition) is 2. The average molecular weight is 422 g/mol. The molecule has 3 rings (SSSR count). The van der Waals surface area contributed by atoms with Crippen LogP contribution in [0.2, 0.25) is 5.02 Å².